The lowest BCUT2D eigenvalue weighted by molar-refractivity contribution is 0.197. The smallest absolute Gasteiger partial charge is 0.317 e. The first-order valence-electron chi connectivity index (χ1n) is 9.33. The fraction of sp³-hybridized carbons (Fsp3) is 0.421. The van der Waals surface area contributed by atoms with Gasteiger partial charge < -0.3 is 24.3 Å². The van der Waals surface area contributed by atoms with Gasteiger partial charge in [-0.3, -0.25) is 4.57 Å². The Kier molecular flexibility index (Phi) is 3.71. The quantitative estimate of drug-likeness (QED) is 0.743. The van der Waals surface area contributed by atoms with Gasteiger partial charge in [-0.05, 0) is 25.1 Å². The van der Waals surface area contributed by atoms with Crippen LogP contribution in [0.4, 0.5) is 10.7 Å². The fourth-order valence-corrected chi connectivity index (χ4v) is 4.12. The first-order chi connectivity index (χ1) is 13.6. The Morgan fingerprint density at radius 2 is 2.14 bits per heavy atom. The minimum Gasteiger partial charge on any atom is -0.497 e. The molecule has 1 aromatic carbocycles. The summed E-state index contributed by atoms with van der Waals surface area (Å²) in [5, 5.41) is 12.7. The molecule has 2 aromatic heterocycles. The average molecular weight is 382 g/mol. The number of nitrogens with one attached hydrogen (secondary N) is 1. The highest BCUT2D eigenvalue weighted by Gasteiger charge is 2.37. The van der Waals surface area contributed by atoms with Crippen LogP contribution in [0.15, 0.2) is 22.6 Å². The number of hydrogen-bond acceptors (Lipinski definition) is 6. The highest BCUT2D eigenvalue weighted by atomic mass is 16.5. The molecule has 3 aromatic rings. The molecule has 0 radical (unpaired) electrons. The first-order valence-corrected chi connectivity index (χ1v) is 9.33. The summed E-state index contributed by atoms with van der Waals surface area (Å²) in [5.74, 6) is 2.97. The van der Waals surface area contributed by atoms with E-state index in [2.05, 4.69) is 20.4 Å². The van der Waals surface area contributed by atoms with Gasteiger partial charge in [0.15, 0.2) is 5.76 Å². The van der Waals surface area contributed by atoms with Gasteiger partial charge in [0.1, 0.15) is 11.3 Å². The largest absolute Gasteiger partial charge is 0.497 e. The highest BCUT2D eigenvalue weighted by Crippen LogP contribution is 2.35. The number of carbonyl (C=O) groups excluding carboxylic acids is 1. The number of benzene rings is 1. The number of fused-ring (bicyclic) bond motifs is 2. The van der Waals surface area contributed by atoms with Crippen LogP contribution >= 0.6 is 0 Å². The summed E-state index contributed by atoms with van der Waals surface area (Å²) < 4.78 is 13.4. The second-order valence-electron chi connectivity index (χ2n) is 7.28. The van der Waals surface area contributed by atoms with Crippen molar-refractivity contribution in [1.82, 2.24) is 25.0 Å². The summed E-state index contributed by atoms with van der Waals surface area (Å²) in [6.45, 7) is 4.84. The number of aryl methyl sites for hydroxylation is 1. The summed E-state index contributed by atoms with van der Waals surface area (Å²) in [7, 11) is 3.60. The van der Waals surface area contributed by atoms with Crippen LogP contribution in [0, 0.1) is 6.92 Å². The van der Waals surface area contributed by atoms with Crippen molar-refractivity contribution in [3.8, 4) is 17.3 Å². The molecule has 2 amide bonds. The number of ether oxygens (including phenoxy) is 1. The minimum atomic E-state index is 0.0247. The summed E-state index contributed by atoms with van der Waals surface area (Å²) in [6.07, 6.45) is 0. The van der Waals surface area contributed by atoms with E-state index >= 15 is 0 Å². The van der Waals surface area contributed by atoms with Crippen molar-refractivity contribution >= 4 is 22.9 Å². The molecule has 9 nitrogen and oxygen atoms in total. The van der Waals surface area contributed by atoms with Gasteiger partial charge in [0.05, 0.1) is 13.2 Å². The number of amides is 2. The third-order valence-electron chi connectivity index (χ3n) is 5.71. The summed E-state index contributed by atoms with van der Waals surface area (Å²) in [6, 6.07) is 5.95. The molecule has 5 rings (SSSR count). The molecule has 28 heavy (non-hydrogen) atoms. The number of piperazine rings is 1. The molecule has 0 saturated carbocycles. The van der Waals surface area contributed by atoms with E-state index in [4.69, 9.17) is 9.15 Å². The Bertz CT molecular complexity index is 1070. The second-order valence-corrected chi connectivity index (χ2v) is 7.28. The topological polar surface area (TPSA) is 88.7 Å². The number of urea groups is 1. The van der Waals surface area contributed by atoms with Gasteiger partial charge in [0.2, 0.25) is 11.8 Å². The molecule has 1 atom stereocenters. The molecule has 1 unspecified atom stereocenters. The molecule has 0 spiro atoms. The molecule has 2 aliphatic heterocycles. The standard InChI is InChI=1S/C19H22N6O3/c1-11-14-8-13(27-3)4-5-15(14)28-16(11)17-21-22-18(23(17)2)24-6-7-25-12(10-24)9-20-19(25)26/h4-5,8,12H,6-7,9-10H2,1-3H3,(H,20,26). The SMILES string of the molecule is COc1ccc2oc(-c3nnc(N4CCN5C(=O)NCC5C4)n3C)c(C)c2c1. The number of aromatic nitrogens is 3. The summed E-state index contributed by atoms with van der Waals surface area (Å²) >= 11 is 0. The van der Waals surface area contributed by atoms with Crippen LogP contribution in [0.2, 0.25) is 0 Å². The molecule has 4 heterocycles. The number of furan rings is 1. The molecular formula is C19H22N6O3. The van der Waals surface area contributed by atoms with E-state index in [0.29, 0.717) is 24.7 Å². The van der Waals surface area contributed by atoms with E-state index in [0.717, 1.165) is 41.3 Å². The molecular weight excluding hydrogens is 360 g/mol. The van der Waals surface area contributed by atoms with Gasteiger partial charge in [-0.15, -0.1) is 10.2 Å². The van der Waals surface area contributed by atoms with Gasteiger partial charge in [0.25, 0.3) is 0 Å². The maximum Gasteiger partial charge on any atom is 0.317 e. The Morgan fingerprint density at radius 1 is 1.29 bits per heavy atom. The number of methoxy groups -OCH3 is 1. The van der Waals surface area contributed by atoms with E-state index in [1.807, 2.05) is 41.6 Å². The third kappa shape index (κ3) is 2.42. The molecule has 1 N–H and O–H groups in total. The van der Waals surface area contributed by atoms with Gasteiger partial charge in [-0.1, -0.05) is 0 Å². The zero-order valence-electron chi connectivity index (χ0n) is 16.1. The maximum atomic E-state index is 11.8. The highest BCUT2D eigenvalue weighted by molar-refractivity contribution is 5.87. The van der Waals surface area contributed by atoms with Crippen molar-refractivity contribution in [2.24, 2.45) is 7.05 Å². The lowest BCUT2D eigenvalue weighted by Gasteiger charge is -2.36. The maximum absolute atomic E-state index is 11.8. The third-order valence-corrected chi connectivity index (χ3v) is 5.71. The van der Waals surface area contributed by atoms with E-state index in [1.54, 1.807) is 7.11 Å². The van der Waals surface area contributed by atoms with Gasteiger partial charge in [0, 0.05) is 44.2 Å². The minimum absolute atomic E-state index is 0.0247. The number of nitrogens with zero attached hydrogens (tertiary/aromatic N) is 5. The van der Waals surface area contributed by atoms with E-state index in [9.17, 15) is 4.79 Å². The van der Waals surface area contributed by atoms with Crippen molar-refractivity contribution < 1.29 is 13.9 Å². The number of hydrogen-bond donors (Lipinski definition) is 1. The van der Waals surface area contributed by atoms with Crippen LogP contribution < -0.4 is 15.0 Å². The molecule has 146 valence electrons. The lowest BCUT2D eigenvalue weighted by Crippen LogP contribution is -2.52. The molecule has 0 bridgehead atoms. The lowest BCUT2D eigenvalue weighted by atomic mass is 10.1. The van der Waals surface area contributed by atoms with Crippen LogP contribution in [0.5, 0.6) is 5.75 Å². The van der Waals surface area contributed by atoms with Crippen molar-refractivity contribution in [1.29, 1.82) is 0 Å². The first kappa shape index (κ1) is 16.9. The summed E-state index contributed by atoms with van der Waals surface area (Å²) in [5.41, 5.74) is 1.80. The molecule has 2 aliphatic rings. The van der Waals surface area contributed by atoms with Crippen LogP contribution in [0.25, 0.3) is 22.6 Å². The monoisotopic (exact) mass is 382 g/mol. The molecule has 2 fully saturated rings. The Balaban J connectivity index is 1.48. The number of rotatable bonds is 3. The van der Waals surface area contributed by atoms with Crippen molar-refractivity contribution in [2.45, 2.75) is 13.0 Å². The predicted octanol–water partition coefficient (Wildman–Crippen LogP) is 1.76. The second kappa shape index (κ2) is 6.15. The molecule has 9 heteroatoms. The van der Waals surface area contributed by atoms with Crippen LogP contribution in [-0.2, 0) is 7.05 Å². The Labute approximate surface area is 161 Å². The van der Waals surface area contributed by atoms with E-state index < -0.39 is 0 Å². The fourth-order valence-electron chi connectivity index (χ4n) is 4.12. The average Bonchev–Trinajstić information content (AvgIpc) is 3.37. The van der Waals surface area contributed by atoms with Crippen molar-refractivity contribution in [2.75, 3.05) is 38.2 Å². The van der Waals surface area contributed by atoms with Gasteiger partial charge >= 0.3 is 6.03 Å². The van der Waals surface area contributed by atoms with E-state index in [-0.39, 0.29) is 12.1 Å². The van der Waals surface area contributed by atoms with E-state index in [1.165, 1.54) is 0 Å². The van der Waals surface area contributed by atoms with Crippen LogP contribution in [-0.4, -0.2) is 65.0 Å². The molecule has 0 aliphatic carbocycles. The number of anilines is 1. The van der Waals surface area contributed by atoms with Gasteiger partial charge in [-0.2, -0.15) is 0 Å². The normalized spacial score (nSPS) is 19.2. The summed E-state index contributed by atoms with van der Waals surface area (Å²) in [4.78, 5) is 15.9. The zero-order valence-corrected chi connectivity index (χ0v) is 16.1. The number of carbonyl (C=O) groups is 1. The predicted molar refractivity (Wildman–Crippen MR) is 104 cm³/mol. The zero-order chi connectivity index (χ0) is 19.4. The Hall–Kier alpha value is -3.23. The van der Waals surface area contributed by atoms with Crippen LogP contribution in [0.1, 0.15) is 5.56 Å². The van der Waals surface area contributed by atoms with Crippen LogP contribution in [0.3, 0.4) is 0 Å². The molecule has 2 saturated heterocycles. The Morgan fingerprint density at radius 3 is 2.96 bits per heavy atom. The van der Waals surface area contributed by atoms with Crippen molar-refractivity contribution in [3.05, 3.63) is 23.8 Å². The van der Waals surface area contributed by atoms with Gasteiger partial charge in [-0.25, -0.2) is 4.79 Å². The van der Waals surface area contributed by atoms with Crippen molar-refractivity contribution in [3.63, 3.8) is 0 Å².